The summed E-state index contributed by atoms with van der Waals surface area (Å²) >= 11 is 0. The summed E-state index contributed by atoms with van der Waals surface area (Å²) in [5.74, 6) is 1.78. The van der Waals surface area contributed by atoms with Gasteiger partial charge in [-0.15, -0.1) is 6.58 Å². The van der Waals surface area contributed by atoms with E-state index in [1.54, 1.807) is 5.57 Å². The van der Waals surface area contributed by atoms with Crippen LogP contribution in [0.4, 0.5) is 0 Å². The highest BCUT2D eigenvalue weighted by atomic mass is 14.4. The van der Waals surface area contributed by atoms with Crippen molar-refractivity contribution in [1.82, 2.24) is 0 Å². The van der Waals surface area contributed by atoms with Crippen LogP contribution in [0.15, 0.2) is 36.5 Å². The van der Waals surface area contributed by atoms with Gasteiger partial charge in [-0.05, 0) is 67.9 Å². The fourth-order valence-corrected chi connectivity index (χ4v) is 3.52. The minimum Gasteiger partial charge on any atom is -0.103 e. The molecule has 2 aliphatic carbocycles. The quantitative estimate of drug-likeness (QED) is 0.446. The number of allylic oxidation sites excluding steroid dienone is 4. The fourth-order valence-electron chi connectivity index (χ4n) is 3.52. The Bertz CT molecular complexity index is 308. The topological polar surface area (TPSA) is 0 Å². The van der Waals surface area contributed by atoms with Crippen molar-refractivity contribution in [2.45, 2.75) is 57.8 Å². The number of hydrogen-bond acceptors (Lipinski definition) is 0. The minimum absolute atomic E-state index is 0.822. The van der Waals surface area contributed by atoms with Crippen molar-refractivity contribution in [1.29, 1.82) is 0 Å². The van der Waals surface area contributed by atoms with E-state index < -0.39 is 0 Å². The second-order valence-electron chi connectivity index (χ2n) is 5.66. The summed E-state index contributed by atoms with van der Waals surface area (Å²) < 4.78 is 0. The Morgan fingerprint density at radius 2 is 1.94 bits per heavy atom. The van der Waals surface area contributed by atoms with Gasteiger partial charge in [0.05, 0.1) is 0 Å². The van der Waals surface area contributed by atoms with E-state index >= 15 is 0 Å². The van der Waals surface area contributed by atoms with Crippen molar-refractivity contribution in [2.75, 3.05) is 0 Å². The van der Waals surface area contributed by atoms with Crippen LogP contribution in [0.25, 0.3) is 0 Å². The monoisotopic (exact) mass is 230 g/mol. The van der Waals surface area contributed by atoms with Crippen molar-refractivity contribution >= 4 is 0 Å². The number of fused-ring (bicyclic) bond motifs is 1. The van der Waals surface area contributed by atoms with Crippen LogP contribution in [-0.4, -0.2) is 0 Å². The van der Waals surface area contributed by atoms with Gasteiger partial charge >= 0.3 is 0 Å². The second kappa shape index (κ2) is 6.23. The van der Waals surface area contributed by atoms with Crippen LogP contribution in [-0.2, 0) is 0 Å². The molecule has 2 rings (SSSR count). The first-order valence-electron chi connectivity index (χ1n) is 7.32. The van der Waals surface area contributed by atoms with Gasteiger partial charge in [-0.25, -0.2) is 0 Å². The van der Waals surface area contributed by atoms with E-state index in [0.717, 1.165) is 18.3 Å². The third-order valence-electron chi connectivity index (χ3n) is 4.56. The molecule has 0 N–H and O–H groups in total. The molecule has 17 heavy (non-hydrogen) atoms. The fraction of sp³-hybridized carbons (Fsp3) is 0.647. The molecule has 2 atom stereocenters. The van der Waals surface area contributed by atoms with E-state index in [1.807, 2.05) is 6.08 Å². The van der Waals surface area contributed by atoms with Crippen molar-refractivity contribution in [3.05, 3.63) is 36.5 Å². The molecule has 0 nitrogen and oxygen atoms in total. The average molecular weight is 230 g/mol. The lowest BCUT2D eigenvalue weighted by Gasteiger charge is -2.38. The van der Waals surface area contributed by atoms with E-state index in [2.05, 4.69) is 19.2 Å². The first-order valence-corrected chi connectivity index (χ1v) is 7.32. The van der Waals surface area contributed by atoms with E-state index in [9.17, 15) is 0 Å². The molecule has 0 aliphatic heterocycles. The first-order chi connectivity index (χ1) is 8.33. The van der Waals surface area contributed by atoms with Gasteiger partial charge in [0.2, 0.25) is 0 Å². The maximum Gasteiger partial charge on any atom is -0.0137 e. The normalized spacial score (nSPS) is 31.3. The van der Waals surface area contributed by atoms with Gasteiger partial charge in [-0.3, -0.25) is 0 Å². The van der Waals surface area contributed by atoms with Gasteiger partial charge in [0.25, 0.3) is 0 Å². The SMILES string of the molecule is C=CCCC/C=C1\CCC2CCCCC2C1=C. The Kier molecular flexibility index (Phi) is 4.65. The van der Waals surface area contributed by atoms with Crippen LogP contribution in [0.5, 0.6) is 0 Å². The van der Waals surface area contributed by atoms with Crippen molar-refractivity contribution in [3.63, 3.8) is 0 Å². The zero-order valence-electron chi connectivity index (χ0n) is 11.1. The number of hydrogen-bond donors (Lipinski definition) is 0. The van der Waals surface area contributed by atoms with Crippen molar-refractivity contribution < 1.29 is 0 Å². The molecule has 0 radical (unpaired) electrons. The molecule has 2 saturated carbocycles. The third kappa shape index (κ3) is 3.12. The average Bonchev–Trinajstić information content (AvgIpc) is 2.37. The Balaban J connectivity index is 1.91. The summed E-state index contributed by atoms with van der Waals surface area (Å²) in [4.78, 5) is 0. The number of rotatable bonds is 4. The predicted molar refractivity (Wildman–Crippen MR) is 76.0 cm³/mol. The Morgan fingerprint density at radius 1 is 1.12 bits per heavy atom. The van der Waals surface area contributed by atoms with Gasteiger partial charge < -0.3 is 0 Å². The zero-order chi connectivity index (χ0) is 12.1. The smallest absolute Gasteiger partial charge is 0.0137 e. The third-order valence-corrected chi connectivity index (χ3v) is 4.56. The molecular formula is C17H26. The standard InChI is InChI=1S/C17H26/c1-3-4-5-6-9-15-12-13-16-10-7-8-11-17(16)14(15)2/h3,9,16-17H,1-2,4-8,10-13H2/b15-9+. The molecule has 0 heteroatoms. The van der Waals surface area contributed by atoms with E-state index in [-0.39, 0.29) is 0 Å². The molecule has 94 valence electrons. The van der Waals surface area contributed by atoms with Crippen molar-refractivity contribution in [2.24, 2.45) is 11.8 Å². The molecule has 0 heterocycles. The molecule has 0 spiro atoms. The van der Waals surface area contributed by atoms with Crippen LogP contribution < -0.4 is 0 Å². The highest BCUT2D eigenvalue weighted by Gasteiger charge is 2.31. The van der Waals surface area contributed by atoms with Gasteiger partial charge in [-0.1, -0.05) is 31.6 Å². The van der Waals surface area contributed by atoms with Crippen LogP contribution >= 0.6 is 0 Å². The largest absolute Gasteiger partial charge is 0.103 e. The predicted octanol–water partition coefficient (Wildman–Crippen LogP) is 5.43. The lowest BCUT2D eigenvalue weighted by Crippen LogP contribution is -2.26. The maximum atomic E-state index is 4.39. The van der Waals surface area contributed by atoms with Crippen LogP contribution in [0.1, 0.15) is 57.8 Å². The Labute approximate surface area is 106 Å². The molecular weight excluding hydrogens is 204 g/mol. The summed E-state index contributed by atoms with van der Waals surface area (Å²) in [5.41, 5.74) is 3.07. The van der Waals surface area contributed by atoms with Gasteiger partial charge in [0.1, 0.15) is 0 Å². The molecule has 0 amide bonds. The first kappa shape index (κ1) is 12.7. The summed E-state index contributed by atoms with van der Waals surface area (Å²) in [5, 5.41) is 0. The molecule has 2 fully saturated rings. The molecule has 2 aliphatic rings. The maximum absolute atomic E-state index is 4.39. The molecule has 0 aromatic heterocycles. The molecule has 0 bridgehead atoms. The summed E-state index contributed by atoms with van der Waals surface area (Å²) in [7, 11) is 0. The van der Waals surface area contributed by atoms with Crippen LogP contribution in [0, 0.1) is 11.8 Å². The minimum atomic E-state index is 0.822. The van der Waals surface area contributed by atoms with Gasteiger partial charge in [0, 0.05) is 0 Å². The summed E-state index contributed by atoms with van der Waals surface area (Å²) in [6, 6.07) is 0. The van der Waals surface area contributed by atoms with Crippen LogP contribution in [0.2, 0.25) is 0 Å². The Morgan fingerprint density at radius 3 is 2.76 bits per heavy atom. The lowest BCUT2D eigenvalue weighted by atomic mass is 9.67. The highest BCUT2D eigenvalue weighted by molar-refractivity contribution is 5.33. The summed E-state index contributed by atoms with van der Waals surface area (Å²) in [6.45, 7) is 8.17. The molecule has 0 aromatic carbocycles. The van der Waals surface area contributed by atoms with E-state index in [1.165, 1.54) is 56.9 Å². The highest BCUT2D eigenvalue weighted by Crippen LogP contribution is 2.45. The van der Waals surface area contributed by atoms with E-state index in [0.29, 0.717) is 0 Å². The van der Waals surface area contributed by atoms with E-state index in [4.69, 9.17) is 0 Å². The summed E-state index contributed by atoms with van der Waals surface area (Å²) in [6.07, 6.45) is 16.5. The lowest BCUT2D eigenvalue weighted by molar-refractivity contribution is 0.242. The Hall–Kier alpha value is -0.780. The number of unbranched alkanes of at least 4 members (excludes halogenated alkanes) is 2. The molecule has 0 aromatic rings. The molecule has 0 saturated heterocycles. The van der Waals surface area contributed by atoms with Crippen molar-refractivity contribution in [3.8, 4) is 0 Å². The van der Waals surface area contributed by atoms with Gasteiger partial charge in [-0.2, -0.15) is 0 Å². The van der Waals surface area contributed by atoms with Crippen LogP contribution in [0.3, 0.4) is 0 Å². The molecule has 2 unspecified atom stereocenters. The zero-order valence-corrected chi connectivity index (χ0v) is 11.1. The van der Waals surface area contributed by atoms with Gasteiger partial charge in [0.15, 0.2) is 0 Å². The second-order valence-corrected chi connectivity index (χ2v) is 5.66.